The van der Waals surface area contributed by atoms with Crippen molar-refractivity contribution in [3.05, 3.63) is 0 Å². The Morgan fingerprint density at radius 1 is 1.19 bits per heavy atom. The van der Waals surface area contributed by atoms with E-state index in [4.69, 9.17) is 0 Å². The second-order valence-electron chi connectivity index (χ2n) is 7.51. The third-order valence-corrected chi connectivity index (χ3v) is 5.01. The van der Waals surface area contributed by atoms with E-state index in [1.165, 1.54) is 23.9 Å². The maximum absolute atomic E-state index is 12.5. The fourth-order valence-corrected chi connectivity index (χ4v) is 3.39. The zero-order valence-corrected chi connectivity index (χ0v) is 17.3. The van der Waals surface area contributed by atoms with Crippen LogP contribution in [-0.4, -0.2) is 78.9 Å². The standard InChI is InChI=1S/C18H33N5O4/c1-10(2)8-14(16(25)20-6)22(7)18(27)21-15(24)12(4)23-11(3)9-13(19-5)17(23)26/h10-14,19H,8-9H2,1-7H3,(H,20,25)(H,21,24,27)/t11?,12-,13+,14-/m1/s1. The van der Waals surface area contributed by atoms with E-state index in [9.17, 15) is 19.2 Å². The van der Waals surface area contributed by atoms with Gasteiger partial charge in [-0.05, 0) is 39.7 Å². The van der Waals surface area contributed by atoms with Crippen LogP contribution in [0.15, 0.2) is 0 Å². The first-order chi connectivity index (χ1) is 12.5. The Hall–Kier alpha value is -2.16. The van der Waals surface area contributed by atoms with Crippen molar-refractivity contribution in [3.63, 3.8) is 0 Å². The molecule has 0 aromatic heterocycles. The lowest BCUT2D eigenvalue weighted by Crippen LogP contribution is -2.56. The predicted octanol–water partition coefficient (Wildman–Crippen LogP) is -0.0876. The Kier molecular flexibility index (Phi) is 8.20. The summed E-state index contributed by atoms with van der Waals surface area (Å²) in [6, 6.07) is -2.56. The van der Waals surface area contributed by atoms with Crippen LogP contribution in [0.5, 0.6) is 0 Å². The molecule has 5 amide bonds. The van der Waals surface area contributed by atoms with E-state index in [2.05, 4.69) is 16.0 Å². The Morgan fingerprint density at radius 2 is 1.78 bits per heavy atom. The monoisotopic (exact) mass is 383 g/mol. The molecular weight excluding hydrogens is 350 g/mol. The number of likely N-dealkylation sites (N-methyl/N-ethyl adjacent to an activating group) is 3. The first-order valence-corrected chi connectivity index (χ1v) is 9.33. The first kappa shape index (κ1) is 22.9. The third-order valence-electron chi connectivity index (χ3n) is 5.01. The van der Waals surface area contributed by atoms with E-state index in [1.54, 1.807) is 14.0 Å². The number of likely N-dealkylation sites (tertiary alicyclic amines) is 1. The SMILES string of the molecule is CNC(=O)[C@@H](CC(C)C)N(C)C(=O)NC(=O)[C@@H](C)N1C(=O)[C@@H](NC)CC1C. The second-order valence-corrected chi connectivity index (χ2v) is 7.51. The summed E-state index contributed by atoms with van der Waals surface area (Å²) in [6.45, 7) is 7.37. The average Bonchev–Trinajstić information content (AvgIpc) is 2.90. The summed E-state index contributed by atoms with van der Waals surface area (Å²) in [4.78, 5) is 52.3. The molecule has 0 aromatic carbocycles. The van der Waals surface area contributed by atoms with Gasteiger partial charge in [-0.1, -0.05) is 13.8 Å². The average molecular weight is 383 g/mol. The van der Waals surface area contributed by atoms with Crippen LogP contribution in [-0.2, 0) is 14.4 Å². The van der Waals surface area contributed by atoms with Gasteiger partial charge >= 0.3 is 6.03 Å². The largest absolute Gasteiger partial charge is 0.357 e. The van der Waals surface area contributed by atoms with Gasteiger partial charge in [0.25, 0.3) is 5.91 Å². The van der Waals surface area contributed by atoms with E-state index < -0.39 is 24.0 Å². The molecule has 1 rings (SSSR count). The van der Waals surface area contributed by atoms with E-state index in [1.807, 2.05) is 20.8 Å². The van der Waals surface area contributed by atoms with E-state index in [-0.39, 0.29) is 29.8 Å². The molecule has 0 spiro atoms. The molecule has 1 fully saturated rings. The quantitative estimate of drug-likeness (QED) is 0.569. The molecule has 0 aliphatic carbocycles. The molecule has 1 saturated heterocycles. The number of nitrogens with zero attached hydrogens (tertiary/aromatic N) is 2. The molecule has 1 aliphatic heterocycles. The minimum Gasteiger partial charge on any atom is -0.357 e. The molecule has 9 nitrogen and oxygen atoms in total. The number of carbonyl (C=O) groups excluding carboxylic acids is 4. The van der Waals surface area contributed by atoms with E-state index in [0.29, 0.717) is 12.8 Å². The predicted molar refractivity (Wildman–Crippen MR) is 102 cm³/mol. The molecule has 0 bridgehead atoms. The Bertz CT molecular complexity index is 580. The zero-order valence-electron chi connectivity index (χ0n) is 17.3. The number of hydrogen-bond acceptors (Lipinski definition) is 5. The number of hydrogen-bond donors (Lipinski definition) is 3. The lowest BCUT2D eigenvalue weighted by molar-refractivity contribution is -0.138. The summed E-state index contributed by atoms with van der Waals surface area (Å²) in [5.74, 6) is -0.818. The number of imide groups is 1. The van der Waals surface area contributed by atoms with Crippen molar-refractivity contribution in [1.82, 2.24) is 25.8 Å². The van der Waals surface area contributed by atoms with Crippen molar-refractivity contribution < 1.29 is 19.2 Å². The second kappa shape index (κ2) is 9.68. The molecule has 0 saturated carbocycles. The Balaban J connectivity index is 2.80. The molecule has 3 N–H and O–H groups in total. The molecule has 1 heterocycles. The molecule has 0 radical (unpaired) electrons. The molecule has 1 aliphatic rings. The van der Waals surface area contributed by atoms with Crippen molar-refractivity contribution in [1.29, 1.82) is 0 Å². The highest BCUT2D eigenvalue weighted by atomic mass is 16.2. The maximum Gasteiger partial charge on any atom is 0.324 e. The summed E-state index contributed by atoms with van der Waals surface area (Å²) in [6.07, 6.45) is 1.08. The number of urea groups is 1. The van der Waals surface area contributed by atoms with Crippen molar-refractivity contribution in [3.8, 4) is 0 Å². The number of nitrogens with one attached hydrogen (secondary N) is 3. The van der Waals surface area contributed by atoms with Crippen LogP contribution in [0.25, 0.3) is 0 Å². The van der Waals surface area contributed by atoms with Gasteiger partial charge in [0.05, 0.1) is 6.04 Å². The topological polar surface area (TPSA) is 111 Å². The van der Waals surface area contributed by atoms with Crippen LogP contribution in [0.3, 0.4) is 0 Å². The first-order valence-electron chi connectivity index (χ1n) is 9.33. The summed E-state index contributed by atoms with van der Waals surface area (Å²) >= 11 is 0. The molecule has 27 heavy (non-hydrogen) atoms. The van der Waals surface area contributed by atoms with Crippen LogP contribution in [0.2, 0.25) is 0 Å². The molecule has 4 atom stereocenters. The molecule has 9 heteroatoms. The number of carbonyl (C=O) groups is 4. The van der Waals surface area contributed by atoms with Crippen molar-refractivity contribution in [2.24, 2.45) is 5.92 Å². The summed E-state index contributed by atoms with van der Waals surface area (Å²) in [7, 11) is 4.69. The normalized spacial score (nSPS) is 21.8. The fourth-order valence-electron chi connectivity index (χ4n) is 3.39. The summed E-state index contributed by atoms with van der Waals surface area (Å²) < 4.78 is 0. The minimum atomic E-state index is -0.785. The lowest BCUT2D eigenvalue weighted by atomic mass is 10.0. The van der Waals surface area contributed by atoms with Gasteiger partial charge in [0, 0.05) is 20.1 Å². The van der Waals surface area contributed by atoms with Gasteiger partial charge in [-0.3, -0.25) is 19.7 Å². The van der Waals surface area contributed by atoms with Gasteiger partial charge in [-0.25, -0.2) is 4.79 Å². The Morgan fingerprint density at radius 3 is 2.22 bits per heavy atom. The fraction of sp³-hybridized carbons (Fsp3) is 0.778. The van der Waals surface area contributed by atoms with Crippen molar-refractivity contribution in [2.75, 3.05) is 21.1 Å². The highest BCUT2D eigenvalue weighted by Gasteiger charge is 2.41. The van der Waals surface area contributed by atoms with Crippen LogP contribution < -0.4 is 16.0 Å². The van der Waals surface area contributed by atoms with Gasteiger partial charge in [-0.2, -0.15) is 0 Å². The minimum absolute atomic E-state index is 0.108. The molecule has 154 valence electrons. The Labute approximate surface area is 161 Å². The summed E-state index contributed by atoms with van der Waals surface area (Å²) in [5, 5.41) is 7.80. The van der Waals surface area contributed by atoms with Crippen LogP contribution in [0.1, 0.15) is 40.5 Å². The summed E-state index contributed by atoms with van der Waals surface area (Å²) in [5.41, 5.74) is 0. The highest BCUT2D eigenvalue weighted by Crippen LogP contribution is 2.21. The zero-order chi connectivity index (χ0) is 20.9. The smallest absolute Gasteiger partial charge is 0.324 e. The number of rotatable bonds is 7. The van der Waals surface area contributed by atoms with Crippen molar-refractivity contribution in [2.45, 2.75) is 64.7 Å². The van der Waals surface area contributed by atoms with Gasteiger partial charge in [0.1, 0.15) is 12.1 Å². The van der Waals surface area contributed by atoms with E-state index >= 15 is 0 Å². The van der Waals surface area contributed by atoms with Gasteiger partial charge in [0.2, 0.25) is 11.8 Å². The van der Waals surface area contributed by atoms with Crippen LogP contribution >= 0.6 is 0 Å². The number of amides is 5. The molecule has 0 aromatic rings. The molecule has 1 unspecified atom stereocenters. The van der Waals surface area contributed by atoms with E-state index in [0.717, 1.165) is 0 Å². The van der Waals surface area contributed by atoms with Crippen molar-refractivity contribution >= 4 is 23.8 Å². The van der Waals surface area contributed by atoms with Crippen LogP contribution in [0.4, 0.5) is 4.79 Å². The molecular formula is C18H33N5O4. The van der Waals surface area contributed by atoms with Gasteiger partial charge in [0.15, 0.2) is 0 Å². The third kappa shape index (κ3) is 5.41. The highest BCUT2D eigenvalue weighted by molar-refractivity contribution is 6.00. The lowest BCUT2D eigenvalue weighted by Gasteiger charge is -2.30. The van der Waals surface area contributed by atoms with Crippen LogP contribution in [0, 0.1) is 5.92 Å². The van der Waals surface area contributed by atoms with Gasteiger partial charge in [-0.15, -0.1) is 0 Å². The van der Waals surface area contributed by atoms with Gasteiger partial charge < -0.3 is 20.4 Å². The maximum atomic E-state index is 12.5.